The number of carbonyl (C=O) groups is 1. The van der Waals surface area contributed by atoms with Gasteiger partial charge in [0.2, 0.25) is 0 Å². The van der Waals surface area contributed by atoms with Crippen molar-refractivity contribution < 1.29 is 17.9 Å². The third-order valence-corrected chi connectivity index (χ3v) is 5.18. The predicted octanol–water partition coefficient (Wildman–Crippen LogP) is 0.447. The van der Waals surface area contributed by atoms with Crippen molar-refractivity contribution in [3.8, 4) is 0 Å². The molecule has 1 amide bonds. The van der Waals surface area contributed by atoms with Crippen LogP contribution in [0, 0.1) is 0 Å². The van der Waals surface area contributed by atoms with E-state index < -0.39 is 9.84 Å². The molecule has 1 aliphatic rings. The summed E-state index contributed by atoms with van der Waals surface area (Å²) in [5.41, 5.74) is 1.11. The van der Waals surface area contributed by atoms with Crippen LogP contribution in [0.3, 0.4) is 0 Å². The van der Waals surface area contributed by atoms with E-state index in [-0.39, 0.29) is 23.5 Å². The number of aromatic nitrogens is 1. The third-order valence-electron chi connectivity index (χ3n) is 3.41. The number of rotatable bonds is 7. The molecule has 0 radical (unpaired) electrons. The normalized spacial score (nSPS) is 19.8. The summed E-state index contributed by atoms with van der Waals surface area (Å²) in [5.74, 6) is 0.129. The standard InChI is InChI=1S/C14H21N3O4S/c1-21-5-2-4-16-14(18)11-7-13(9-15-8-11)17-12-3-6-22(19,20)10-12/h7-9,12,17H,2-6,10H2,1H3,(H,16,18). The molecule has 22 heavy (non-hydrogen) atoms. The van der Waals surface area contributed by atoms with Crippen LogP contribution >= 0.6 is 0 Å². The van der Waals surface area contributed by atoms with Crippen LogP contribution in [0.1, 0.15) is 23.2 Å². The van der Waals surface area contributed by atoms with Crippen LogP contribution in [-0.4, -0.2) is 57.1 Å². The number of amides is 1. The third kappa shape index (κ3) is 4.96. The number of methoxy groups -OCH3 is 1. The van der Waals surface area contributed by atoms with Gasteiger partial charge < -0.3 is 15.4 Å². The molecule has 1 aliphatic heterocycles. The van der Waals surface area contributed by atoms with Crippen LogP contribution in [-0.2, 0) is 14.6 Å². The monoisotopic (exact) mass is 327 g/mol. The fourth-order valence-corrected chi connectivity index (χ4v) is 3.98. The van der Waals surface area contributed by atoms with Gasteiger partial charge in [0.1, 0.15) is 0 Å². The Bertz CT molecular complexity index is 618. The van der Waals surface area contributed by atoms with Crippen molar-refractivity contribution in [1.82, 2.24) is 10.3 Å². The molecule has 0 spiro atoms. The van der Waals surface area contributed by atoms with Gasteiger partial charge in [-0.1, -0.05) is 0 Å². The first-order chi connectivity index (χ1) is 10.5. The molecule has 0 bridgehead atoms. The van der Waals surface area contributed by atoms with Gasteiger partial charge in [0.25, 0.3) is 5.91 Å². The number of hydrogen-bond donors (Lipinski definition) is 2. The molecule has 1 unspecified atom stereocenters. The summed E-state index contributed by atoms with van der Waals surface area (Å²) >= 11 is 0. The zero-order chi connectivity index (χ0) is 16.0. The van der Waals surface area contributed by atoms with Crippen LogP contribution in [0.25, 0.3) is 0 Å². The van der Waals surface area contributed by atoms with Gasteiger partial charge in [-0.2, -0.15) is 0 Å². The van der Waals surface area contributed by atoms with E-state index in [1.54, 1.807) is 19.4 Å². The topological polar surface area (TPSA) is 97.4 Å². The minimum Gasteiger partial charge on any atom is -0.385 e. The van der Waals surface area contributed by atoms with Crippen molar-refractivity contribution in [2.75, 3.05) is 37.1 Å². The lowest BCUT2D eigenvalue weighted by molar-refractivity contribution is 0.0948. The largest absolute Gasteiger partial charge is 0.385 e. The Morgan fingerprint density at radius 1 is 1.45 bits per heavy atom. The van der Waals surface area contributed by atoms with Gasteiger partial charge in [0.05, 0.1) is 22.8 Å². The number of nitrogens with zero attached hydrogens (tertiary/aromatic N) is 1. The number of nitrogens with one attached hydrogen (secondary N) is 2. The maximum atomic E-state index is 12.0. The van der Waals surface area contributed by atoms with Crippen molar-refractivity contribution in [2.45, 2.75) is 18.9 Å². The van der Waals surface area contributed by atoms with Crippen molar-refractivity contribution >= 4 is 21.4 Å². The maximum absolute atomic E-state index is 12.0. The smallest absolute Gasteiger partial charge is 0.252 e. The second-order valence-electron chi connectivity index (χ2n) is 5.31. The van der Waals surface area contributed by atoms with Crippen LogP contribution in [0.2, 0.25) is 0 Å². The van der Waals surface area contributed by atoms with Crippen LogP contribution in [0.5, 0.6) is 0 Å². The Morgan fingerprint density at radius 2 is 2.27 bits per heavy atom. The average molecular weight is 327 g/mol. The number of carbonyl (C=O) groups excluding carboxylic acids is 1. The summed E-state index contributed by atoms with van der Waals surface area (Å²) in [7, 11) is -1.32. The fraction of sp³-hybridized carbons (Fsp3) is 0.571. The Kier molecular flexibility index (Phi) is 5.73. The quantitative estimate of drug-likeness (QED) is 0.706. The van der Waals surface area contributed by atoms with Gasteiger partial charge in [-0.3, -0.25) is 9.78 Å². The number of ether oxygens (including phenoxy) is 1. The summed E-state index contributed by atoms with van der Waals surface area (Å²) < 4.78 is 27.8. The molecule has 8 heteroatoms. The Balaban J connectivity index is 1.91. The van der Waals surface area contributed by atoms with E-state index in [9.17, 15) is 13.2 Å². The van der Waals surface area contributed by atoms with E-state index in [1.165, 1.54) is 6.20 Å². The highest BCUT2D eigenvalue weighted by Crippen LogP contribution is 2.17. The molecular formula is C14H21N3O4S. The molecule has 1 saturated heterocycles. The van der Waals surface area contributed by atoms with E-state index in [0.29, 0.717) is 30.8 Å². The highest BCUT2D eigenvalue weighted by molar-refractivity contribution is 7.91. The fourth-order valence-electron chi connectivity index (χ4n) is 2.31. The maximum Gasteiger partial charge on any atom is 0.252 e. The molecule has 1 aromatic heterocycles. The van der Waals surface area contributed by atoms with Crippen molar-refractivity contribution in [2.24, 2.45) is 0 Å². The first-order valence-electron chi connectivity index (χ1n) is 7.19. The van der Waals surface area contributed by atoms with Gasteiger partial charge >= 0.3 is 0 Å². The minimum atomic E-state index is -2.93. The average Bonchev–Trinajstić information content (AvgIpc) is 2.82. The second kappa shape index (κ2) is 7.55. The van der Waals surface area contributed by atoms with Gasteiger partial charge in [0, 0.05) is 38.7 Å². The molecule has 2 heterocycles. The van der Waals surface area contributed by atoms with Crippen LogP contribution in [0.4, 0.5) is 5.69 Å². The zero-order valence-electron chi connectivity index (χ0n) is 12.5. The lowest BCUT2D eigenvalue weighted by Gasteiger charge is -2.13. The van der Waals surface area contributed by atoms with Gasteiger partial charge in [0.15, 0.2) is 9.84 Å². The molecule has 1 aromatic rings. The number of hydrogen-bond acceptors (Lipinski definition) is 6. The Hall–Kier alpha value is -1.67. The Labute approximate surface area is 130 Å². The van der Waals surface area contributed by atoms with Crippen molar-refractivity contribution in [3.63, 3.8) is 0 Å². The number of anilines is 1. The van der Waals surface area contributed by atoms with Crippen molar-refractivity contribution in [3.05, 3.63) is 24.0 Å². The highest BCUT2D eigenvalue weighted by Gasteiger charge is 2.27. The molecule has 2 rings (SSSR count). The van der Waals surface area contributed by atoms with E-state index in [0.717, 1.165) is 6.42 Å². The zero-order valence-corrected chi connectivity index (χ0v) is 13.4. The summed E-state index contributed by atoms with van der Waals surface area (Å²) in [5, 5.41) is 5.91. The van der Waals surface area contributed by atoms with Gasteiger partial charge in [-0.05, 0) is 18.9 Å². The summed E-state index contributed by atoms with van der Waals surface area (Å²) in [4.78, 5) is 16.0. The molecule has 1 atom stereocenters. The summed E-state index contributed by atoms with van der Waals surface area (Å²) in [6.07, 6.45) is 4.40. The molecule has 0 saturated carbocycles. The van der Waals surface area contributed by atoms with Crippen molar-refractivity contribution in [1.29, 1.82) is 0 Å². The molecule has 1 fully saturated rings. The lowest BCUT2D eigenvalue weighted by Crippen LogP contribution is -2.26. The van der Waals surface area contributed by atoms with E-state index in [1.807, 2.05) is 0 Å². The molecule has 0 aromatic carbocycles. The number of pyridine rings is 1. The van der Waals surface area contributed by atoms with Crippen LogP contribution in [0.15, 0.2) is 18.5 Å². The highest BCUT2D eigenvalue weighted by atomic mass is 32.2. The Morgan fingerprint density at radius 3 is 2.95 bits per heavy atom. The first-order valence-corrected chi connectivity index (χ1v) is 9.01. The van der Waals surface area contributed by atoms with Gasteiger partial charge in [-0.15, -0.1) is 0 Å². The van der Waals surface area contributed by atoms with E-state index in [4.69, 9.17) is 4.74 Å². The summed E-state index contributed by atoms with van der Waals surface area (Å²) in [6, 6.07) is 1.57. The predicted molar refractivity (Wildman–Crippen MR) is 83.7 cm³/mol. The van der Waals surface area contributed by atoms with Gasteiger partial charge in [-0.25, -0.2) is 8.42 Å². The summed E-state index contributed by atoms with van der Waals surface area (Å²) in [6.45, 7) is 1.13. The minimum absolute atomic E-state index is 0.119. The lowest BCUT2D eigenvalue weighted by atomic mass is 10.2. The second-order valence-corrected chi connectivity index (χ2v) is 7.54. The van der Waals surface area contributed by atoms with Crippen LogP contribution < -0.4 is 10.6 Å². The SMILES string of the molecule is COCCCNC(=O)c1cncc(NC2CCS(=O)(=O)C2)c1. The molecule has 0 aliphatic carbocycles. The first kappa shape index (κ1) is 16.7. The molecular weight excluding hydrogens is 306 g/mol. The van der Waals surface area contributed by atoms with E-state index in [2.05, 4.69) is 15.6 Å². The molecule has 122 valence electrons. The molecule has 7 nitrogen and oxygen atoms in total. The van der Waals surface area contributed by atoms with E-state index >= 15 is 0 Å². The number of sulfone groups is 1. The molecule has 2 N–H and O–H groups in total.